The van der Waals surface area contributed by atoms with Crippen molar-refractivity contribution in [2.45, 2.75) is 32.4 Å². The van der Waals surface area contributed by atoms with Crippen LogP contribution in [0.5, 0.6) is 0 Å². The highest BCUT2D eigenvalue weighted by molar-refractivity contribution is 5.78. The number of piperazine rings is 1. The van der Waals surface area contributed by atoms with Crippen LogP contribution in [0.25, 0.3) is 0 Å². The van der Waals surface area contributed by atoms with Crippen molar-refractivity contribution in [1.82, 2.24) is 15.5 Å². The zero-order valence-electron chi connectivity index (χ0n) is 9.99. The molecule has 1 rings (SSSR count). The van der Waals surface area contributed by atoms with Gasteiger partial charge in [-0.25, -0.2) is 0 Å². The van der Waals surface area contributed by atoms with Crippen LogP contribution < -0.4 is 10.6 Å². The highest BCUT2D eigenvalue weighted by Crippen LogP contribution is 2.01. The second kappa shape index (κ2) is 6.46. The average Bonchev–Trinajstić information content (AvgIpc) is 2.29. The van der Waals surface area contributed by atoms with Crippen molar-refractivity contribution in [1.29, 1.82) is 5.26 Å². The Hall–Kier alpha value is -1.12. The van der Waals surface area contributed by atoms with Gasteiger partial charge in [0.05, 0.1) is 12.6 Å². The van der Waals surface area contributed by atoms with Gasteiger partial charge in [0.25, 0.3) is 0 Å². The fraction of sp³-hybridized carbons (Fsp3) is 0.818. The van der Waals surface area contributed by atoms with Crippen molar-refractivity contribution in [3.8, 4) is 6.07 Å². The number of nitriles is 1. The Morgan fingerprint density at radius 1 is 1.75 bits per heavy atom. The molecule has 2 N–H and O–H groups in total. The first-order chi connectivity index (χ1) is 7.67. The van der Waals surface area contributed by atoms with Crippen LogP contribution in [-0.2, 0) is 4.79 Å². The van der Waals surface area contributed by atoms with Gasteiger partial charge in [-0.2, -0.15) is 5.26 Å². The second-order valence-electron chi connectivity index (χ2n) is 4.20. The number of amides is 1. The van der Waals surface area contributed by atoms with Crippen molar-refractivity contribution in [3.63, 3.8) is 0 Å². The number of carbonyl (C=O) groups excluding carboxylic acids is 1. The molecule has 0 bridgehead atoms. The minimum atomic E-state index is -0.184. The Morgan fingerprint density at radius 2 is 2.50 bits per heavy atom. The molecule has 0 aromatic rings. The van der Waals surface area contributed by atoms with Gasteiger partial charge in [-0.1, -0.05) is 6.92 Å². The van der Waals surface area contributed by atoms with Gasteiger partial charge in [0.2, 0.25) is 5.91 Å². The smallest absolute Gasteiger partial charge is 0.234 e. The summed E-state index contributed by atoms with van der Waals surface area (Å²) in [4.78, 5) is 13.6. The van der Waals surface area contributed by atoms with Crippen LogP contribution in [0.4, 0.5) is 0 Å². The summed E-state index contributed by atoms with van der Waals surface area (Å²) < 4.78 is 0. The summed E-state index contributed by atoms with van der Waals surface area (Å²) in [7, 11) is 0. The summed E-state index contributed by atoms with van der Waals surface area (Å²) in [6.45, 7) is 6.59. The van der Waals surface area contributed by atoms with E-state index in [1.807, 2.05) is 18.7 Å². The Labute approximate surface area is 96.8 Å². The normalized spacial score (nSPS) is 23.4. The minimum absolute atomic E-state index is 0.0106. The molecule has 5 heteroatoms. The fourth-order valence-corrected chi connectivity index (χ4v) is 1.67. The SMILES string of the molecule is CCC(C)NC(=O)CN1CCNCC1C#N. The second-order valence-corrected chi connectivity index (χ2v) is 4.20. The lowest BCUT2D eigenvalue weighted by atomic mass is 10.2. The molecule has 90 valence electrons. The Morgan fingerprint density at radius 3 is 3.12 bits per heavy atom. The van der Waals surface area contributed by atoms with E-state index >= 15 is 0 Å². The molecule has 2 atom stereocenters. The van der Waals surface area contributed by atoms with Crippen molar-refractivity contribution in [3.05, 3.63) is 0 Å². The Bertz CT molecular complexity index is 274. The first kappa shape index (κ1) is 12.9. The lowest BCUT2D eigenvalue weighted by Crippen LogP contribution is -2.54. The molecule has 0 spiro atoms. The molecule has 1 fully saturated rings. The van der Waals surface area contributed by atoms with Crippen LogP contribution in [0, 0.1) is 11.3 Å². The van der Waals surface area contributed by atoms with Gasteiger partial charge in [0.15, 0.2) is 0 Å². The number of hydrogen-bond acceptors (Lipinski definition) is 4. The van der Waals surface area contributed by atoms with E-state index in [-0.39, 0.29) is 18.0 Å². The number of nitrogens with one attached hydrogen (secondary N) is 2. The molecule has 5 nitrogen and oxygen atoms in total. The van der Waals surface area contributed by atoms with Crippen LogP contribution >= 0.6 is 0 Å². The third-order valence-electron chi connectivity index (χ3n) is 2.87. The van der Waals surface area contributed by atoms with Crippen LogP contribution in [0.3, 0.4) is 0 Å². The van der Waals surface area contributed by atoms with Gasteiger partial charge in [-0.05, 0) is 13.3 Å². The van der Waals surface area contributed by atoms with Crippen molar-refractivity contribution < 1.29 is 4.79 Å². The number of hydrogen-bond donors (Lipinski definition) is 2. The summed E-state index contributed by atoms with van der Waals surface area (Å²) in [5.41, 5.74) is 0. The standard InChI is InChI=1S/C11H20N4O/c1-3-9(2)14-11(16)8-15-5-4-13-7-10(15)6-12/h9-10,13H,3-5,7-8H2,1-2H3,(H,14,16). The third kappa shape index (κ3) is 3.80. The minimum Gasteiger partial charge on any atom is -0.353 e. The van der Waals surface area contributed by atoms with E-state index in [4.69, 9.17) is 5.26 Å². The zero-order chi connectivity index (χ0) is 12.0. The maximum atomic E-state index is 11.7. The molecule has 0 aliphatic carbocycles. The maximum Gasteiger partial charge on any atom is 0.234 e. The van der Waals surface area contributed by atoms with Crippen molar-refractivity contribution in [2.24, 2.45) is 0 Å². The van der Waals surface area contributed by atoms with Gasteiger partial charge >= 0.3 is 0 Å². The average molecular weight is 224 g/mol. The maximum absolute atomic E-state index is 11.7. The molecule has 0 aromatic carbocycles. The quantitative estimate of drug-likeness (QED) is 0.688. The summed E-state index contributed by atoms with van der Waals surface area (Å²) in [6.07, 6.45) is 0.926. The van der Waals surface area contributed by atoms with E-state index in [1.165, 1.54) is 0 Å². The molecule has 0 saturated carbocycles. The van der Waals surface area contributed by atoms with Gasteiger partial charge in [0, 0.05) is 25.7 Å². The largest absolute Gasteiger partial charge is 0.353 e. The summed E-state index contributed by atoms with van der Waals surface area (Å²) in [6, 6.07) is 2.23. The monoisotopic (exact) mass is 224 g/mol. The van der Waals surface area contributed by atoms with Crippen LogP contribution in [0.15, 0.2) is 0 Å². The number of carbonyl (C=O) groups is 1. The van der Waals surface area contributed by atoms with E-state index in [2.05, 4.69) is 16.7 Å². The summed E-state index contributed by atoms with van der Waals surface area (Å²) >= 11 is 0. The lowest BCUT2D eigenvalue weighted by molar-refractivity contribution is -0.123. The molecule has 1 saturated heterocycles. The number of nitrogens with zero attached hydrogens (tertiary/aromatic N) is 2. The molecule has 1 aliphatic heterocycles. The molecule has 16 heavy (non-hydrogen) atoms. The van der Waals surface area contributed by atoms with Crippen LogP contribution in [-0.4, -0.2) is 49.1 Å². The highest BCUT2D eigenvalue weighted by atomic mass is 16.2. The molecule has 0 aromatic heterocycles. The van der Waals surface area contributed by atoms with E-state index in [9.17, 15) is 4.79 Å². The summed E-state index contributed by atoms with van der Waals surface area (Å²) in [5, 5.41) is 15.0. The molecule has 1 amide bonds. The van der Waals surface area contributed by atoms with E-state index in [0.29, 0.717) is 13.1 Å². The predicted octanol–water partition coefficient (Wildman–Crippen LogP) is -0.302. The van der Waals surface area contributed by atoms with Gasteiger partial charge in [-0.3, -0.25) is 9.69 Å². The molecule has 1 aliphatic rings. The number of rotatable bonds is 4. The first-order valence-electron chi connectivity index (χ1n) is 5.81. The topological polar surface area (TPSA) is 68.2 Å². The fourth-order valence-electron chi connectivity index (χ4n) is 1.67. The highest BCUT2D eigenvalue weighted by Gasteiger charge is 2.23. The molecular formula is C11H20N4O. The van der Waals surface area contributed by atoms with E-state index in [0.717, 1.165) is 19.5 Å². The van der Waals surface area contributed by atoms with Gasteiger partial charge < -0.3 is 10.6 Å². The zero-order valence-corrected chi connectivity index (χ0v) is 9.99. The van der Waals surface area contributed by atoms with Gasteiger partial charge in [-0.15, -0.1) is 0 Å². The van der Waals surface area contributed by atoms with Crippen LogP contribution in [0.1, 0.15) is 20.3 Å². The first-order valence-corrected chi connectivity index (χ1v) is 5.81. The van der Waals surface area contributed by atoms with Crippen molar-refractivity contribution in [2.75, 3.05) is 26.2 Å². The van der Waals surface area contributed by atoms with Crippen molar-refractivity contribution >= 4 is 5.91 Å². The van der Waals surface area contributed by atoms with Crippen LogP contribution in [0.2, 0.25) is 0 Å². The van der Waals surface area contributed by atoms with E-state index < -0.39 is 0 Å². The summed E-state index contributed by atoms with van der Waals surface area (Å²) in [5.74, 6) is 0.0106. The predicted molar refractivity (Wildman–Crippen MR) is 61.7 cm³/mol. The lowest BCUT2D eigenvalue weighted by Gasteiger charge is -2.31. The molecule has 0 radical (unpaired) electrons. The van der Waals surface area contributed by atoms with Gasteiger partial charge in [0.1, 0.15) is 6.04 Å². The molecule has 2 unspecified atom stereocenters. The van der Waals surface area contributed by atoms with E-state index in [1.54, 1.807) is 0 Å². The molecular weight excluding hydrogens is 204 g/mol. The Kier molecular flexibility index (Phi) is 5.23. The molecule has 1 heterocycles. The Balaban J connectivity index is 2.40. The third-order valence-corrected chi connectivity index (χ3v) is 2.87.